The molecule has 1 fully saturated rings. The van der Waals surface area contributed by atoms with Gasteiger partial charge in [0.25, 0.3) is 0 Å². The van der Waals surface area contributed by atoms with Gasteiger partial charge in [-0.25, -0.2) is 13.8 Å². The molecule has 1 saturated carbocycles. The largest absolute Gasteiger partial charge is 0.301 e. The maximum Gasteiger partial charge on any atom is 0.248 e. The fourth-order valence-electron chi connectivity index (χ4n) is 3.19. The van der Waals surface area contributed by atoms with Gasteiger partial charge in [0.05, 0.1) is 11.6 Å². The molecule has 0 amide bonds. The molecular weight excluding hydrogens is 272 g/mol. The first kappa shape index (κ1) is 14.0. The third-order valence-electron chi connectivity index (χ3n) is 4.33. The summed E-state index contributed by atoms with van der Waals surface area (Å²) in [6, 6.07) is 5.70. The number of hydrogen-bond acceptors (Lipinski definition) is 2. The van der Waals surface area contributed by atoms with Crippen molar-refractivity contribution in [3.8, 4) is 6.07 Å². The lowest BCUT2D eigenvalue weighted by Gasteiger charge is -2.28. The normalized spacial score (nSPS) is 18.8. The molecule has 2 aromatic heterocycles. The molecule has 0 saturated heterocycles. The first-order chi connectivity index (χ1) is 9.98. The number of imidazole rings is 1. The van der Waals surface area contributed by atoms with Crippen molar-refractivity contribution < 1.29 is 8.78 Å². The highest BCUT2D eigenvalue weighted by molar-refractivity contribution is 5.49. The molecule has 2 heterocycles. The summed E-state index contributed by atoms with van der Waals surface area (Å²) in [5, 5.41) is 8.98. The van der Waals surface area contributed by atoms with E-state index in [0.29, 0.717) is 24.3 Å². The Balaban J connectivity index is 1.84. The van der Waals surface area contributed by atoms with Crippen molar-refractivity contribution in [1.82, 2.24) is 9.38 Å². The summed E-state index contributed by atoms with van der Waals surface area (Å²) in [6.45, 7) is 1.94. The molecule has 0 bridgehead atoms. The third kappa shape index (κ3) is 2.76. The lowest BCUT2D eigenvalue weighted by molar-refractivity contribution is -0.0457. The van der Waals surface area contributed by atoms with E-state index in [4.69, 9.17) is 5.26 Å². The van der Waals surface area contributed by atoms with Gasteiger partial charge < -0.3 is 4.40 Å². The number of nitrogens with zero attached hydrogens (tertiary/aromatic N) is 3. The van der Waals surface area contributed by atoms with Gasteiger partial charge in [-0.3, -0.25) is 0 Å². The number of fused-ring (bicyclic) bond motifs is 1. The Hall–Kier alpha value is -1.96. The Bertz CT molecular complexity index is 702. The molecule has 0 N–H and O–H groups in total. The molecule has 110 valence electrons. The quantitative estimate of drug-likeness (QED) is 0.841. The molecule has 1 aliphatic rings. The topological polar surface area (TPSA) is 41.1 Å². The number of hydrogen-bond donors (Lipinski definition) is 0. The number of nitriles is 1. The molecule has 1 aliphatic carbocycles. The second kappa shape index (κ2) is 5.10. The maximum atomic E-state index is 13.2. The first-order valence-corrected chi connectivity index (χ1v) is 7.23. The van der Waals surface area contributed by atoms with Gasteiger partial charge in [-0.2, -0.15) is 5.26 Å². The summed E-state index contributed by atoms with van der Waals surface area (Å²) in [5.41, 5.74) is 3.34. The lowest BCUT2D eigenvalue weighted by Crippen LogP contribution is -2.25. The number of aromatic nitrogens is 2. The van der Waals surface area contributed by atoms with Crippen molar-refractivity contribution in [1.29, 1.82) is 5.26 Å². The molecule has 0 aromatic carbocycles. The molecule has 21 heavy (non-hydrogen) atoms. The molecule has 5 heteroatoms. The predicted octanol–water partition coefficient (Wildman–Crippen LogP) is 3.88. The molecule has 0 aliphatic heterocycles. The highest BCUT2D eigenvalue weighted by atomic mass is 19.3. The summed E-state index contributed by atoms with van der Waals surface area (Å²) in [6.07, 6.45) is 3.68. The standard InChI is InChI=1S/C16H17F2N3/c1-11-6-13(9-19)8-15-20-10-14(21(11)15)7-12-2-4-16(17,18)5-3-12/h6,8,10,12H,2-5,7H2,1H3. The van der Waals surface area contributed by atoms with E-state index in [2.05, 4.69) is 11.1 Å². The molecule has 0 atom stereocenters. The SMILES string of the molecule is Cc1cc(C#N)cc2ncc(CC3CCC(F)(F)CC3)n12. The third-order valence-corrected chi connectivity index (χ3v) is 4.33. The molecule has 0 spiro atoms. The Morgan fingerprint density at radius 2 is 2.10 bits per heavy atom. The molecule has 2 aromatic rings. The van der Waals surface area contributed by atoms with Gasteiger partial charge in [0.15, 0.2) is 0 Å². The summed E-state index contributed by atoms with van der Waals surface area (Å²) < 4.78 is 28.4. The minimum absolute atomic E-state index is 0.00797. The van der Waals surface area contributed by atoms with E-state index >= 15 is 0 Å². The van der Waals surface area contributed by atoms with Crippen LogP contribution < -0.4 is 0 Å². The zero-order valence-corrected chi connectivity index (χ0v) is 11.9. The van der Waals surface area contributed by atoms with Crippen LogP contribution in [0, 0.1) is 24.2 Å². The van der Waals surface area contributed by atoms with Crippen molar-refractivity contribution in [2.45, 2.75) is 45.0 Å². The van der Waals surface area contributed by atoms with Crippen LogP contribution in [0.25, 0.3) is 5.65 Å². The Kier molecular flexibility index (Phi) is 3.40. The smallest absolute Gasteiger partial charge is 0.248 e. The highest BCUT2D eigenvalue weighted by Gasteiger charge is 2.35. The number of aryl methyl sites for hydroxylation is 1. The van der Waals surface area contributed by atoms with Gasteiger partial charge in [-0.05, 0) is 44.2 Å². The van der Waals surface area contributed by atoms with Crippen LogP contribution in [0.15, 0.2) is 18.3 Å². The van der Waals surface area contributed by atoms with Crippen LogP contribution in [0.4, 0.5) is 8.78 Å². The molecule has 3 rings (SSSR count). The van der Waals surface area contributed by atoms with Crippen molar-refractivity contribution in [2.24, 2.45) is 5.92 Å². The zero-order valence-electron chi connectivity index (χ0n) is 11.9. The Labute approximate surface area is 122 Å². The van der Waals surface area contributed by atoms with E-state index in [1.54, 1.807) is 12.3 Å². The van der Waals surface area contributed by atoms with Crippen molar-refractivity contribution in [2.75, 3.05) is 0 Å². The zero-order chi connectivity index (χ0) is 15.0. The van der Waals surface area contributed by atoms with Crippen LogP contribution in [-0.4, -0.2) is 15.3 Å². The van der Waals surface area contributed by atoms with Gasteiger partial charge in [0.1, 0.15) is 5.65 Å². The van der Waals surface area contributed by atoms with E-state index < -0.39 is 5.92 Å². The number of rotatable bonds is 2. The van der Waals surface area contributed by atoms with Crippen LogP contribution in [0.5, 0.6) is 0 Å². The lowest BCUT2D eigenvalue weighted by atomic mass is 9.84. The van der Waals surface area contributed by atoms with Crippen molar-refractivity contribution >= 4 is 5.65 Å². The first-order valence-electron chi connectivity index (χ1n) is 7.23. The van der Waals surface area contributed by atoms with Gasteiger partial charge in [0.2, 0.25) is 5.92 Å². The van der Waals surface area contributed by atoms with E-state index in [9.17, 15) is 8.78 Å². The average Bonchev–Trinajstić information content (AvgIpc) is 2.84. The van der Waals surface area contributed by atoms with Crippen LogP contribution in [0.2, 0.25) is 0 Å². The van der Waals surface area contributed by atoms with E-state index in [1.165, 1.54) is 0 Å². The second-order valence-electron chi connectivity index (χ2n) is 5.94. The summed E-state index contributed by atoms with van der Waals surface area (Å²) in [4.78, 5) is 4.35. The van der Waals surface area contributed by atoms with Gasteiger partial charge in [-0.1, -0.05) is 0 Å². The monoisotopic (exact) mass is 289 g/mol. The van der Waals surface area contributed by atoms with Crippen molar-refractivity contribution in [3.63, 3.8) is 0 Å². The summed E-state index contributed by atoms with van der Waals surface area (Å²) >= 11 is 0. The number of halogens is 2. The van der Waals surface area contributed by atoms with Gasteiger partial charge in [0, 0.05) is 30.4 Å². The number of pyridine rings is 1. The Morgan fingerprint density at radius 1 is 1.38 bits per heavy atom. The van der Waals surface area contributed by atoms with Crippen LogP contribution in [-0.2, 0) is 6.42 Å². The summed E-state index contributed by atoms with van der Waals surface area (Å²) in [7, 11) is 0. The Morgan fingerprint density at radius 3 is 2.76 bits per heavy atom. The minimum Gasteiger partial charge on any atom is -0.301 e. The highest BCUT2D eigenvalue weighted by Crippen LogP contribution is 2.37. The maximum absolute atomic E-state index is 13.2. The fraction of sp³-hybridized carbons (Fsp3) is 0.500. The fourth-order valence-corrected chi connectivity index (χ4v) is 3.19. The van der Waals surface area contributed by atoms with Gasteiger partial charge >= 0.3 is 0 Å². The van der Waals surface area contributed by atoms with E-state index in [0.717, 1.165) is 23.5 Å². The van der Waals surface area contributed by atoms with Crippen LogP contribution in [0.3, 0.4) is 0 Å². The molecule has 0 unspecified atom stereocenters. The number of alkyl halides is 2. The van der Waals surface area contributed by atoms with Crippen LogP contribution >= 0.6 is 0 Å². The minimum atomic E-state index is -2.48. The predicted molar refractivity (Wildman–Crippen MR) is 75.3 cm³/mol. The molecular formula is C16H17F2N3. The summed E-state index contributed by atoms with van der Waals surface area (Å²) in [5.74, 6) is -2.19. The average molecular weight is 289 g/mol. The molecule has 3 nitrogen and oxygen atoms in total. The van der Waals surface area contributed by atoms with Crippen molar-refractivity contribution in [3.05, 3.63) is 35.3 Å². The second-order valence-corrected chi connectivity index (χ2v) is 5.94. The van der Waals surface area contributed by atoms with Gasteiger partial charge in [-0.15, -0.1) is 0 Å². The molecule has 0 radical (unpaired) electrons. The van der Waals surface area contributed by atoms with E-state index in [-0.39, 0.29) is 12.8 Å². The van der Waals surface area contributed by atoms with E-state index in [1.807, 2.05) is 17.4 Å². The van der Waals surface area contributed by atoms with Crippen LogP contribution in [0.1, 0.15) is 42.6 Å².